The number of H-pyrrole nitrogens is 1. The highest BCUT2D eigenvalue weighted by molar-refractivity contribution is 5.88. The maximum Gasteiger partial charge on any atom is 0.310 e. The van der Waals surface area contributed by atoms with E-state index < -0.39 is 5.92 Å². The van der Waals surface area contributed by atoms with Gasteiger partial charge in [-0.25, -0.2) is 0 Å². The molecule has 1 unspecified atom stereocenters. The topological polar surface area (TPSA) is 93.5 Å². The van der Waals surface area contributed by atoms with Crippen LogP contribution in [0.2, 0.25) is 0 Å². The Balaban J connectivity index is 1.48. The second-order valence-corrected chi connectivity index (χ2v) is 10.5. The average Bonchev–Trinajstić information content (AvgIpc) is 3.40. The van der Waals surface area contributed by atoms with Crippen molar-refractivity contribution in [2.45, 2.75) is 18.8 Å². The van der Waals surface area contributed by atoms with Gasteiger partial charge in [-0.15, -0.1) is 0 Å². The van der Waals surface area contributed by atoms with E-state index in [2.05, 4.69) is 4.98 Å². The van der Waals surface area contributed by atoms with Gasteiger partial charge in [0.05, 0.1) is 37.1 Å². The number of hydrogen-bond donors (Lipinski definition) is 2. The van der Waals surface area contributed by atoms with Crippen molar-refractivity contribution < 1.29 is 19.4 Å². The number of rotatable bonds is 9. The fourth-order valence-electron chi connectivity index (χ4n) is 5.88. The molecule has 2 aromatic heterocycles. The smallest absolute Gasteiger partial charge is 0.310 e. The van der Waals surface area contributed by atoms with Crippen LogP contribution in [0, 0.1) is 0 Å². The minimum absolute atomic E-state index is 0.0644. The van der Waals surface area contributed by atoms with E-state index in [1.165, 1.54) is 0 Å². The predicted octanol–water partition coefficient (Wildman–Crippen LogP) is 6.24. The van der Waals surface area contributed by atoms with Crippen LogP contribution >= 0.6 is 0 Å². The molecule has 216 valence electrons. The number of benzene rings is 4. The zero-order chi connectivity index (χ0) is 29.9. The molecule has 2 N–H and O–H groups in total. The van der Waals surface area contributed by atoms with Gasteiger partial charge in [-0.05, 0) is 47.0 Å². The summed E-state index contributed by atoms with van der Waals surface area (Å²) in [5, 5.41) is 13.2. The third kappa shape index (κ3) is 5.37. The number of aromatic nitrogens is 2. The maximum absolute atomic E-state index is 14.0. The number of aromatic hydroxyl groups is 1. The zero-order valence-electron chi connectivity index (χ0n) is 24.0. The predicted molar refractivity (Wildman–Crippen MR) is 168 cm³/mol. The van der Waals surface area contributed by atoms with Crippen molar-refractivity contribution in [3.05, 3.63) is 141 Å². The van der Waals surface area contributed by atoms with Crippen LogP contribution in [-0.4, -0.2) is 34.3 Å². The summed E-state index contributed by atoms with van der Waals surface area (Å²) in [5.74, 6) is -0.406. The Kier molecular flexibility index (Phi) is 7.71. The lowest BCUT2D eigenvalue weighted by Crippen LogP contribution is -2.25. The number of esters is 1. The van der Waals surface area contributed by atoms with E-state index >= 15 is 0 Å². The van der Waals surface area contributed by atoms with Crippen molar-refractivity contribution in [1.82, 2.24) is 9.55 Å². The molecule has 0 fully saturated rings. The van der Waals surface area contributed by atoms with E-state index in [4.69, 9.17) is 9.47 Å². The molecule has 4 aromatic carbocycles. The van der Waals surface area contributed by atoms with Gasteiger partial charge in [0.1, 0.15) is 11.5 Å². The van der Waals surface area contributed by atoms with Crippen LogP contribution in [0.25, 0.3) is 21.8 Å². The molecule has 7 heteroatoms. The van der Waals surface area contributed by atoms with Gasteiger partial charge in [0.2, 0.25) is 0 Å². The summed E-state index contributed by atoms with van der Waals surface area (Å²) in [6, 6.07) is 32.2. The number of nitrogens with one attached hydrogen (secondary N) is 1. The van der Waals surface area contributed by atoms with Gasteiger partial charge < -0.3 is 24.1 Å². The lowest BCUT2D eigenvalue weighted by molar-refractivity contribution is -0.142. The number of aromatic amines is 1. The van der Waals surface area contributed by atoms with Crippen LogP contribution < -0.4 is 10.3 Å². The molecule has 0 aliphatic rings. The number of hydrogen-bond acceptors (Lipinski definition) is 5. The first-order chi connectivity index (χ1) is 21.0. The summed E-state index contributed by atoms with van der Waals surface area (Å²) in [6.07, 6.45) is 0.601. The Hall–Kier alpha value is -5.30. The van der Waals surface area contributed by atoms with E-state index in [-0.39, 0.29) is 35.9 Å². The molecule has 0 saturated heterocycles. The van der Waals surface area contributed by atoms with E-state index in [1.807, 2.05) is 103 Å². The van der Waals surface area contributed by atoms with Gasteiger partial charge in [-0.2, -0.15) is 0 Å². The number of methoxy groups -OCH3 is 1. The van der Waals surface area contributed by atoms with E-state index in [9.17, 15) is 14.7 Å². The highest BCUT2D eigenvalue weighted by atomic mass is 16.5. The monoisotopic (exact) mass is 572 g/mol. The van der Waals surface area contributed by atoms with Crippen LogP contribution in [0.3, 0.4) is 0 Å². The van der Waals surface area contributed by atoms with Gasteiger partial charge >= 0.3 is 5.97 Å². The summed E-state index contributed by atoms with van der Waals surface area (Å²) in [6.45, 7) is 0.160. The molecular weight excluding hydrogens is 540 g/mol. The largest absolute Gasteiger partial charge is 0.507 e. The van der Waals surface area contributed by atoms with Crippen LogP contribution in [0.15, 0.2) is 108 Å². The van der Waals surface area contributed by atoms with Crippen LogP contribution in [-0.2, 0) is 29.4 Å². The molecule has 2 heterocycles. The summed E-state index contributed by atoms with van der Waals surface area (Å²) in [7, 11) is 3.31. The molecule has 7 nitrogen and oxygen atoms in total. The van der Waals surface area contributed by atoms with E-state index in [1.54, 1.807) is 18.7 Å². The normalized spacial score (nSPS) is 12.0. The van der Waals surface area contributed by atoms with Gasteiger partial charge in [0.15, 0.2) is 0 Å². The number of pyridine rings is 1. The molecule has 0 spiro atoms. The number of carbonyl (C=O) groups is 1. The molecule has 0 aliphatic carbocycles. The molecule has 0 saturated carbocycles. The first-order valence-corrected chi connectivity index (χ1v) is 14.2. The van der Waals surface area contributed by atoms with Crippen molar-refractivity contribution in [2.75, 3.05) is 13.7 Å². The fourth-order valence-corrected chi connectivity index (χ4v) is 5.88. The second kappa shape index (κ2) is 11.9. The fraction of sp³-hybridized carbons (Fsp3) is 0.167. The number of fused-ring (bicyclic) bond motifs is 2. The average molecular weight is 573 g/mol. The first kappa shape index (κ1) is 27.8. The third-order valence-corrected chi connectivity index (χ3v) is 7.97. The lowest BCUT2D eigenvalue weighted by atomic mass is 9.85. The number of carbonyl (C=O) groups excluding carboxylic acids is 1. The standard InChI is InChI=1S/C36H32N2O5/c1-38-30-18-9-7-16-28(30)35(40)33(36(38)41)32(24-13-10-14-25(22-24)42-2)34-27(26-15-6-8-17-29(26)37-34)19-20-43-31(39)21-23-11-4-3-5-12-23/h3-18,22,32,37,40H,19-21H2,1-2H3. The van der Waals surface area contributed by atoms with Crippen LogP contribution in [0.5, 0.6) is 11.5 Å². The minimum atomic E-state index is -0.666. The SMILES string of the molecule is COc1cccc(C(c2[nH]c3ccccc3c2CCOC(=O)Cc2ccccc2)c2c(O)c3ccccc3n(C)c2=O)c1. The Morgan fingerprint density at radius 3 is 2.42 bits per heavy atom. The Morgan fingerprint density at radius 2 is 1.63 bits per heavy atom. The molecule has 43 heavy (non-hydrogen) atoms. The van der Waals surface area contributed by atoms with Gasteiger partial charge in [0.25, 0.3) is 5.56 Å². The van der Waals surface area contributed by atoms with Crippen molar-refractivity contribution >= 4 is 27.8 Å². The van der Waals surface area contributed by atoms with Crippen molar-refractivity contribution in [3.8, 4) is 11.5 Å². The van der Waals surface area contributed by atoms with Crippen molar-refractivity contribution in [3.63, 3.8) is 0 Å². The summed E-state index contributed by atoms with van der Waals surface area (Å²) >= 11 is 0. The van der Waals surface area contributed by atoms with E-state index in [0.29, 0.717) is 23.1 Å². The second-order valence-electron chi connectivity index (χ2n) is 10.5. The first-order valence-electron chi connectivity index (χ1n) is 14.2. The van der Waals surface area contributed by atoms with Crippen LogP contribution in [0.4, 0.5) is 0 Å². The van der Waals surface area contributed by atoms with Crippen LogP contribution in [0.1, 0.15) is 33.9 Å². The van der Waals surface area contributed by atoms with Crippen molar-refractivity contribution in [1.29, 1.82) is 0 Å². The summed E-state index contributed by atoms with van der Waals surface area (Å²) < 4.78 is 12.8. The van der Waals surface area contributed by atoms with E-state index in [0.717, 1.165) is 33.3 Å². The van der Waals surface area contributed by atoms with Gasteiger partial charge in [0, 0.05) is 35.5 Å². The number of aryl methyl sites for hydroxylation is 1. The molecule has 0 bridgehead atoms. The number of para-hydroxylation sites is 2. The Morgan fingerprint density at radius 1 is 0.907 bits per heavy atom. The Bertz CT molecular complexity index is 1990. The summed E-state index contributed by atoms with van der Waals surface area (Å²) in [4.78, 5) is 30.3. The van der Waals surface area contributed by atoms with Gasteiger partial charge in [-0.3, -0.25) is 9.59 Å². The summed E-state index contributed by atoms with van der Waals surface area (Å²) in [5.41, 5.74) is 4.79. The molecule has 6 rings (SSSR count). The molecule has 0 amide bonds. The Labute approximate surface area is 249 Å². The quantitative estimate of drug-likeness (QED) is 0.200. The molecule has 0 aliphatic heterocycles. The molecule has 0 radical (unpaired) electrons. The number of ether oxygens (including phenoxy) is 2. The molecule has 1 atom stereocenters. The number of nitrogens with zero attached hydrogens (tertiary/aromatic N) is 1. The third-order valence-electron chi connectivity index (χ3n) is 7.97. The van der Waals surface area contributed by atoms with Gasteiger partial charge in [-0.1, -0.05) is 72.8 Å². The zero-order valence-corrected chi connectivity index (χ0v) is 24.0. The highest BCUT2D eigenvalue weighted by Gasteiger charge is 2.30. The van der Waals surface area contributed by atoms with Crippen molar-refractivity contribution in [2.24, 2.45) is 7.05 Å². The maximum atomic E-state index is 14.0. The highest BCUT2D eigenvalue weighted by Crippen LogP contribution is 2.41. The molecule has 6 aromatic rings. The lowest BCUT2D eigenvalue weighted by Gasteiger charge is -2.22. The minimum Gasteiger partial charge on any atom is -0.507 e. The molecular formula is C36H32N2O5.